The number of ketones is 5. The van der Waals surface area contributed by atoms with Gasteiger partial charge in [-0.2, -0.15) is 0 Å². The van der Waals surface area contributed by atoms with Gasteiger partial charge in [0.05, 0.1) is 43.1 Å². The molecule has 2 aliphatic rings. The molecule has 12 atom stereocenters. The van der Waals surface area contributed by atoms with Crippen LogP contribution in [0.5, 0.6) is 0 Å². The predicted molar refractivity (Wildman–Crippen MR) is 449 cm³/mol. The Labute approximate surface area is 679 Å². The lowest BCUT2D eigenvalue weighted by Gasteiger charge is -2.25. The molecular weight excluding hydrogens is 1440 g/mol. The molecule has 0 saturated carbocycles. The zero-order chi connectivity index (χ0) is 84.8. The van der Waals surface area contributed by atoms with Crippen LogP contribution in [-0.2, 0) is 106 Å². The Morgan fingerprint density at radius 3 is 1.01 bits per heavy atom. The van der Waals surface area contributed by atoms with Crippen LogP contribution in [0.1, 0.15) is 214 Å². The van der Waals surface area contributed by atoms with Gasteiger partial charge in [-0.3, -0.25) is 47.9 Å². The molecule has 6 aromatic rings. The van der Waals surface area contributed by atoms with Gasteiger partial charge >= 0.3 is 23.9 Å². The van der Waals surface area contributed by atoms with E-state index in [2.05, 4.69) is 33.0 Å². The molecule has 0 aliphatic carbocycles. The maximum absolute atomic E-state index is 13.3. The minimum absolute atomic E-state index is 0.0137. The molecule has 0 unspecified atom stereocenters. The molecule has 0 bridgehead atoms. The first-order valence-corrected chi connectivity index (χ1v) is 41.0. The Bertz CT molecular complexity index is 3780. The van der Waals surface area contributed by atoms with E-state index in [0.717, 1.165) is 91.2 Å². The van der Waals surface area contributed by atoms with E-state index in [9.17, 15) is 53.1 Å². The molecule has 19 nitrogen and oxygen atoms in total. The summed E-state index contributed by atoms with van der Waals surface area (Å²) >= 11 is 0. The number of rotatable bonds is 43. The molecule has 2 heterocycles. The molecule has 2 fully saturated rings. The lowest BCUT2D eigenvalue weighted by molar-refractivity contribution is -0.151. The van der Waals surface area contributed by atoms with Gasteiger partial charge in [-0.1, -0.05) is 291 Å². The van der Waals surface area contributed by atoms with Gasteiger partial charge in [0.15, 0.2) is 11.6 Å². The molecule has 0 spiro atoms. The number of hydrogen-bond donors (Lipinski definition) is 5. The van der Waals surface area contributed by atoms with Crippen molar-refractivity contribution in [3.63, 3.8) is 0 Å². The maximum atomic E-state index is 13.3. The van der Waals surface area contributed by atoms with E-state index in [1.165, 1.54) is 0 Å². The summed E-state index contributed by atoms with van der Waals surface area (Å²) in [5, 5.41) is 20.5. The summed E-state index contributed by atoms with van der Waals surface area (Å²) in [4.78, 5) is 121. The van der Waals surface area contributed by atoms with Crippen molar-refractivity contribution >= 4 is 58.7 Å². The molecule has 0 aromatic heterocycles. The summed E-state index contributed by atoms with van der Waals surface area (Å²) in [6.07, 6.45) is 10.9. The minimum Gasteiger partial charge on any atom is -0.481 e. The highest BCUT2D eigenvalue weighted by Crippen LogP contribution is 2.32. The fourth-order valence-corrected chi connectivity index (χ4v) is 12.6. The molecule has 2 saturated heterocycles. The van der Waals surface area contributed by atoms with E-state index in [4.69, 9.17) is 35.5 Å². The number of carboxylic acids is 2. The second-order valence-electron chi connectivity index (χ2n) is 31.8. The number of ether oxygens (including phenoxy) is 4. The van der Waals surface area contributed by atoms with Crippen molar-refractivity contribution < 1.29 is 77.1 Å². The fourth-order valence-electron chi connectivity index (χ4n) is 12.6. The highest BCUT2D eigenvalue weighted by molar-refractivity contribution is 5.98. The van der Waals surface area contributed by atoms with Gasteiger partial charge in [0.25, 0.3) is 0 Å². The molecule has 114 heavy (non-hydrogen) atoms. The fraction of sp³-hybridized carbons (Fsp3) is 0.516. The first-order chi connectivity index (χ1) is 54.2. The number of nitrogens with two attached hydrogens (primary N) is 2. The largest absolute Gasteiger partial charge is 0.481 e. The van der Waals surface area contributed by atoms with Crippen molar-refractivity contribution in [1.82, 2.24) is 5.32 Å². The third-order valence-electron chi connectivity index (χ3n) is 20.0. The van der Waals surface area contributed by atoms with Crippen LogP contribution in [-0.4, -0.2) is 111 Å². The van der Waals surface area contributed by atoms with E-state index < -0.39 is 53.0 Å². The Morgan fingerprint density at radius 1 is 0.386 bits per heavy atom. The lowest BCUT2D eigenvalue weighted by Crippen LogP contribution is -2.49. The van der Waals surface area contributed by atoms with Crippen molar-refractivity contribution in [3.8, 4) is 0 Å². The van der Waals surface area contributed by atoms with Crippen LogP contribution in [0, 0.1) is 53.3 Å². The third kappa shape index (κ3) is 40.2. The number of Topliss-reactive ketones (excluding diaryl/α,β-unsaturated/α-hetero) is 5. The number of carbonyl (C=O) groups excluding carboxylic acids is 8. The SMILES string of the molecule is CC(C)C[C@H](N)C(=O)[C@@]1(C)CO1.CCC[C@H](C)C(=O)C[C@@H](Cc1ccccc1)C(=O)N[C@@H](CC(C)C)C(=O)[C@@]1(C)CO1.CCC[C@H](C)C(=O)C[C@@H](Cc1ccccc1)C(=O)O.CCC[C@H](C)C(=O)C[C@@H](Cc1ccccc1)C(=O)OCc1ccccc1.CCC[C@H](C)C(=O)O.N[C@@H](Cc1ccccc1)C(=O)OCc1ccccc1. The molecule has 19 heteroatoms. The normalized spacial score (nSPS) is 16.9. The van der Waals surface area contributed by atoms with Crippen LogP contribution in [0.3, 0.4) is 0 Å². The smallest absolute Gasteiger partial charge is 0.323 e. The van der Waals surface area contributed by atoms with Crippen molar-refractivity contribution in [3.05, 3.63) is 215 Å². The molecule has 624 valence electrons. The highest BCUT2D eigenvalue weighted by atomic mass is 16.6. The minimum atomic E-state index is -0.888. The number of carbonyl (C=O) groups is 10. The average Bonchev–Trinajstić information content (AvgIpc) is 1.64. The molecular formula is C95H133N3O16. The second-order valence-corrected chi connectivity index (χ2v) is 31.8. The Balaban J connectivity index is 0.000000368. The standard InChI is InChI=1S/C25H37NO4.C23H28O3.C16H17NO2.C16H22O3.C9H17NO2.C6H12O2/c1-6-10-18(4)22(27)15-20(14-19-11-8-7-9-12-19)24(29)26-21(13-17(2)3)23(28)25(5)16-30-25;1-3-10-18(2)22(24)16-21(15-19-11-6-4-7-12-19)23(25)26-17-20-13-8-5-9-14-20;17-15(11-13-7-3-1-4-8-13)16(18)19-12-14-9-5-2-6-10-14;1-3-7-12(2)15(17)11-14(16(18)19)10-13-8-5-4-6-9-13;1-6(2)4-7(10)8(11)9(3)5-12-9;1-3-4-5(2)6(7)8/h7-9,11-12,17-18,20-21H,6,10,13-16H2,1-5H3,(H,26,29);4-9,11-14,18,21H,3,10,15-17H2,1-2H3;1-10,15H,11-12,17H2;4-6,8-9,12,14H,3,7,10-11H2,1-2H3,(H,18,19);6-7H,4-5,10H2,1-3H3;5H,3-4H2,1-2H3,(H,7,8)/t18-,20+,21-,25+;18-,21+;15-;12-,14+;7-,9+;5-/m000000/s1. The molecule has 0 radical (unpaired) electrons. The summed E-state index contributed by atoms with van der Waals surface area (Å²) < 4.78 is 21.1. The number of epoxide rings is 2. The van der Waals surface area contributed by atoms with Gasteiger partial charge < -0.3 is 45.9 Å². The van der Waals surface area contributed by atoms with E-state index in [1.54, 1.807) is 20.8 Å². The number of carboxylic acid groups (broad SMARTS) is 2. The van der Waals surface area contributed by atoms with Crippen molar-refractivity contribution in [2.45, 2.75) is 249 Å². The number of benzene rings is 6. The number of amides is 1. The Kier molecular flexibility index (Phi) is 46.8. The van der Waals surface area contributed by atoms with Gasteiger partial charge in [-0.05, 0) is 123 Å². The molecule has 1 amide bonds. The molecule has 2 aliphatic heterocycles. The zero-order valence-corrected chi connectivity index (χ0v) is 70.4. The number of nitrogens with one attached hydrogen (secondary N) is 1. The first kappa shape index (κ1) is 99.1. The Morgan fingerprint density at radius 2 is 0.684 bits per heavy atom. The number of hydrogen-bond acceptors (Lipinski definition) is 16. The summed E-state index contributed by atoms with van der Waals surface area (Å²) in [5.41, 5.74) is 16.2. The van der Waals surface area contributed by atoms with Crippen LogP contribution < -0.4 is 16.8 Å². The summed E-state index contributed by atoms with van der Waals surface area (Å²) in [7, 11) is 0. The summed E-state index contributed by atoms with van der Waals surface area (Å²) in [6.45, 7) is 28.8. The van der Waals surface area contributed by atoms with Gasteiger partial charge in [0, 0.05) is 42.9 Å². The van der Waals surface area contributed by atoms with Crippen molar-refractivity contribution in [1.29, 1.82) is 0 Å². The summed E-state index contributed by atoms with van der Waals surface area (Å²) in [6, 6.07) is 56.3. The predicted octanol–water partition coefficient (Wildman–Crippen LogP) is 17.0. The Hall–Kier alpha value is -9.14. The first-order valence-electron chi connectivity index (χ1n) is 41.0. The second kappa shape index (κ2) is 53.8. The average molecular weight is 1570 g/mol. The van der Waals surface area contributed by atoms with E-state index >= 15 is 0 Å². The number of aliphatic carboxylic acids is 2. The molecule has 6 aromatic carbocycles. The lowest BCUT2D eigenvalue weighted by atomic mass is 9.87. The van der Waals surface area contributed by atoms with Gasteiger partial charge in [-0.15, -0.1) is 0 Å². The van der Waals surface area contributed by atoms with Gasteiger partial charge in [-0.25, -0.2) is 0 Å². The van der Waals surface area contributed by atoms with Crippen LogP contribution in [0.25, 0.3) is 0 Å². The van der Waals surface area contributed by atoms with Crippen molar-refractivity contribution in [2.24, 2.45) is 64.7 Å². The maximum Gasteiger partial charge on any atom is 0.323 e. The third-order valence-corrected chi connectivity index (χ3v) is 20.0. The van der Waals surface area contributed by atoms with E-state index in [1.807, 2.05) is 230 Å². The van der Waals surface area contributed by atoms with Crippen LogP contribution in [0.15, 0.2) is 182 Å². The highest BCUT2D eigenvalue weighted by Gasteiger charge is 2.51. The van der Waals surface area contributed by atoms with E-state index in [-0.39, 0.29) is 115 Å². The van der Waals surface area contributed by atoms with Gasteiger partial charge in [0.2, 0.25) is 5.91 Å². The van der Waals surface area contributed by atoms with E-state index in [0.29, 0.717) is 51.2 Å². The van der Waals surface area contributed by atoms with Crippen LogP contribution >= 0.6 is 0 Å². The molecule has 7 N–H and O–H groups in total. The molecule has 8 rings (SSSR count). The topological polar surface area (TPSA) is 319 Å². The van der Waals surface area contributed by atoms with Crippen LogP contribution in [0.2, 0.25) is 0 Å². The summed E-state index contributed by atoms with van der Waals surface area (Å²) in [5.74, 6) is -3.29. The van der Waals surface area contributed by atoms with Crippen LogP contribution in [0.4, 0.5) is 0 Å². The zero-order valence-electron chi connectivity index (χ0n) is 70.4. The monoisotopic (exact) mass is 1570 g/mol. The number of esters is 2. The quantitative estimate of drug-likeness (QED) is 0.0175. The van der Waals surface area contributed by atoms with Crippen molar-refractivity contribution in [2.75, 3.05) is 13.2 Å². The van der Waals surface area contributed by atoms with Gasteiger partial charge in [0.1, 0.15) is 47.8 Å².